The number of hydrogen-bond acceptors (Lipinski definition) is 7. The van der Waals surface area contributed by atoms with Gasteiger partial charge in [0, 0.05) is 32.0 Å². The third-order valence-electron chi connectivity index (χ3n) is 8.59. The average Bonchev–Trinajstić information content (AvgIpc) is 3.25. The van der Waals surface area contributed by atoms with Crippen molar-refractivity contribution in [2.75, 3.05) is 20.3 Å². The lowest BCUT2D eigenvalue weighted by Crippen LogP contribution is -2.37. The lowest BCUT2D eigenvalue weighted by Gasteiger charge is -2.36. The van der Waals surface area contributed by atoms with Crippen molar-refractivity contribution in [3.05, 3.63) is 30.0 Å². The van der Waals surface area contributed by atoms with Crippen LogP contribution in [0.4, 0.5) is 0 Å². The summed E-state index contributed by atoms with van der Waals surface area (Å²) in [6.07, 6.45) is 19.0. The van der Waals surface area contributed by atoms with Gasteiger partial charge < -0.3 is 28.8 Å². The van der Waals surface area contributed by atoms with Crippen molar-refractivity contribution < 1.29 is 33.6 Å². The Labute approximate surface area is 242 Å². The molecule has 2 saturated heterocycles. The van der Waals surface area contributed by atoms with Gasteiger partial charge in [0.2, 0.25) is 0 Å². The lowest BCUT2D eigenvalue weighted by atomic mass is 9.80. The van der Waals surface area contributed by atoms with Crippen LogP contribution in [0.1, 0.15) is 104 Å². The Kier molecular flexibility index (Phi) is 14.4. The Bertz CT molecular complexity index is 819. The van der Waals surface area contributed by atoms with E-state index in [9.17, 15) is 9.90 Å². The molecule has 3 fully saturated rings. The predicted molar refractivity (Wildman–Crippen MR) is 155 cm³/mol. The number of carbonyl (C=O) groups is 1. The van der Waals surface area contributed by atoms with Crippen LogP contribution in [0, 0.1) is 17.3 Å². The molecule has 7 heteroatoms. The van der Waals surface area contributed by atoms with Gasteiger partial charge in [0.1, 0.15) is 0 Å². The maximum absolute atomic E-state index is 11.4. The molecule has 0 bridgehead atoms. The summed E-state index contributed by atoms with van der Waals surface area (Å²) in [5, 5.41) is 11.1. The van der Waals surface area contributed by atoms with Crippen LogP contribution in [-0.4, -0.2) is 62.3 Å². The first kappa shape index (κ1) is 33.0. The van der Waals surface area contributed by atoms with Crippen molar-refractivity contribution in [1.29, 1.82) is 0 Å². The summed E-state index contributed by atoms with van der Waals surface area (Å²) >= 11 is 0. The largest absolute Gasteiger partial charge is 0.469 e. The zero-order valence-electron chi connectivity index (χ0n) is 25.4. The van der Waals surface area contributed by atoms with Crippen molar-refractivity contribution in [3.8, 4) is 0 Å². The van der Waals surface area contributed by atoms with E-state index in [1.165, 1.54) is 7.11 Å². The minimum Gasteiger partial charge on any atom is -0.469 e. The van der Waals surface area contributed by atoms with E-state index in [2.05, 4.69) is 38.7 Å². The molecule has 0 aromatic heterocycles. The fraction of sp³-hybridized carbons (Fsp3) is 0.818. The first-order chi connectivity index (χ1) is 19.3. The highest BCUT2D eigenvalue weighted by Crippen LogP contribution is 2.41. The molecule has 1 N–H and O–H groups in total. The maximum Gasteiger partial charge on any atom is 0.305 e. The minimum absolute atomic E-state index is 0.00307. The Morgan fingerprint density at radius 1 is 1.10 bits per heavy atom. The van der Waals surface area contributed by atoms with Gasteiger partial charge in [-0.1, -0.05) is 45.8 Å². The first-order valence-electron chi connectivity index (χ1n) is 15.7. The number of aliphatic hydroxyl groups excluding tert-OH is 1. The van der Waals surface area contributed by atoms with E-state index in [1.54, 1.807) is 0 Å². The van der Waals surface area contributed by atoms with Gasteiger partial charge in [-0.3, -0.25) is 4.79 Å². The Hall–Kier alpha value is -1.47. The van der Waals surface area contributed by atoms with Crippen molar-refractivity contribution >= 4 is 5.97 Å². The van der Waals surface area contributed by atoms with Crippen LogP contribution < -0.4 is 0 Å². The normalized spacial score (nSPS) is 30.1. The quantitative estimate of drug-likeness (QED) is 0.136. The molecule has 7 atom stereocenters. The van der Waals surface area contributed by atoms with E-state index in [1.807, 2.05) is 12.2 Å². The molecule has 40 heavy (non-hydrogen) atoms. The first-order valence-corrected chi connectivity index (χ1v) is 15.7. The zero-order valence-corrected chi connectivity index (χ0v) is 25.4. The molecule has 228 valence electrons. The number of unbranched alkanes of at least 4 members (excludes halogenated alkanes) is 1. The topological polar surface area (TPSA) is 83.5 Å². The molecule has 3 aliphatic rings. The standard InChI is InChI=1S/C33H54O7/c1-5-6-21-33(2,3)29(40-32-18-12-14-23-38-32)20-19-26-25(15-9-7-8-10-16-30(35)36-4)27(34)24-28(26)39-31-17-11-13-22-37-31/h8-9,19-20,25-29,31-32,34H,5-6,10-18,21-24H2,1-4H3/b20-19+/t7?,25-,26-,27+,28-,29-,31?,32?/m1/s1. The molecule has 1 saturated carbocycles. The van der Waals surface area contributed by atoms with Crippen LogP contribution in [0.3, 0.4) is 0 Å². The van der Waals surface area contributed by atoms with Gasteiger partial charge in [0.25, 0.3) is 0 Å². The summed E-state index contributed by atoms with van der Waals surface area (Å²) in [5.41, 5.74) is 3.15. The van der Waals surface area contributed by atoms with E-state index in [4.69, 9.17) is 23.7 Å². The number of allylic oxidation sites excluding steroid dienone is 1. The zero-order chi connectivity index (χ0) is 28.8. The maximum atomic E-state index is 11.4. The molecule has 0 radical (unpaired) electrons. The third kappa shape index (κ3) is 10.7. The number of rotatable bonds is 15. The second-order valence-corrected chi connectivity index (χ2v) is 12.3. The molecule has 7 nitrogen and oxygen atoms in total. The van der Waals surface area contributed by atoms with Crippen LogP contribution in [0.5, 0.6) is 0 Å². The van der Waals surface area contributed by atoms with Crippen molar-refractivity contribution in [2.24, 2.45) is 17.3 Å². The van der Waals surface area contributed by atoms with Crippen LogP contribution >= 0.6 is 0 Å². The molecule has 2 heterocycles. The molecule has 0 amide bonds. The Balaban J connectivity index is 1.77. The molecule has 2 unspecified atom stereocenters. The fourth-order valence-corrected chi connectivity index (χ4v) is 5.98. The molecule has 0 spiro atoms. The highest BCUT2D eigenvalue weighted by atomic mass is 16.7. The van der Waals surface area contributed by atoms with E-state index in [0.717, 1.165) is 71.0 Å². The molecule has 2 aliphatic heterocycles. The summed E-state index contributed by atoms with van der Waals surface area (Å²) in [6, 6.07) is 0. The monoisotopic (exact) mass is 562 g/mol. The summed E-state index contributed by atoms with van der Waals surface area (Å²) in [5.74, 6) is -0.206. The van der Waals surface area contributed by atoms with E-state index >= 15 is 0 Å². The number of carbonyl (C=O) groups excluding carboxylic acids is 1. The van der Waals surface area contributed by atoms with Gasteiger partial charge in [-0.25, -0.2) is 0 Å². The van der Waals surface area contributed by atoms with Gasteiger partial charge in [-0.2, -0.15) is 0 Å². The van der Waals surface area contributed by atoms with Crippen LogP contribution in [0.25, 0.3) is 0 Å². The minimum atomic E-state index is -0.481. The summed E-state index contributed by atoms with van der Waals surface area (Å²) in [6.45, 7) is 8.28. The van der Waals surface area contributed by atoms with Crippen LogP contribution in [0.2, 0.25) is 0 Å². The summed E-state index contributed by atoms with van der Waals surface area (Å²) in [4.78, 5) is 11.4. The predicted octanol–water partition coefficient (Wildman–Crippen LogP) is 6.63. The van der Waals surface area contributed by atoms with Gasteiger partial charge >= 0.3 is 5.97 Å². The van der Waals surface area contributed by atoms with Gasteiger partial charge in [0.05, 0.1) is 25.4 Å². The van der Waals surface area contributed by atoms with E-state index in [0.29, 0.717) is 25.7 Å². The number of methoxy groups -OCH3 is 1. The summed E-state index contributed by atoms with van der Waals surface area (Å²) in [7, 11) is 1.40. The van der Waals surface area contributed by atoms with Crippen molar-refractivity contribution in [3.63, 3.8) is 0 Å². The van der Waals surface area contributed by atoms with Gasteiger partial charge in [-0.15, -0.1) is 5.73 Å². The third-order valence-corrected chi connectivity index (χ3v) is 8.59. The molecular formula is C33H54O7. The second kappa shape index (κ2) is 17.5. The molecular weight excluding hydrogens is 508 g/mol. The van der Waals surface area contributed by atoms with Gasteiger partial charge in [0.15, 0.2) is 12.6 Å². The van der Waals surface area contributed by atoms with Crippen molar-refractivity contribution in [2.45, 2.75) is 135 Å². The lowest BCUT2D eigenvalue weighted by molar-refractivity contribution is -0.198. The number of aliphatic hydroxyl groups is 1. The number of hydrogen-bond donors (Lipinski definition) is 1. The molecule has 1 aliphatic carbocycles. The smallest absolute Gasteiger partial charge is 0.305 e. The second-order valence-electron chi connectivity index (χ2n) is 12.3. The Morgan fingerprint density at radius 2 is 1.82 bits per heavy atom. The van der Waals surface area contributed by atoms with E-state index in [-0.39, 0.29) is 48.0 Å². The van der Waals surface area contributed by atoms with Gasteiger partial charge in [-0.05, 0) is 81.3 Å². The highest BCUT2D eigenvalue weighted by molar-refractivity contribution is 5.69. The van der Waals surface area contributed by atoms with Crippen LogP contribution in [0.15, 0.2) is 30.0 Å². The van der Waals surface area contributed by atoms with E-state index < -0.39 is 6.10 Å². The molecule has 0 aromatic rings. The summed E-state index contributed by atoms with van der Waals surface area (Å²) < 4.78 is 29.7. The molecule has 3 rings (SSSR count). The fourth-order valence-electron chi connectivity index (χ4n) is 5.98. The van der Waals surface area contributed by atoms with Crippen molar-refractivity contribution in [1.82, 2.24) is 0 Å². The molecule has 0 aromatic carbocycles. The SMILES string of the molecule is CCCCC(C)(C)[C@@H](/C=C/[C@@H]1[C@@H](CC=C=CCCC(=O)OC)[C@@H](O)C[C@H]1OC1CCCCO1)OC1CCCCO1. The average molecular weight is 563 g/mol. The highest BCUT2D eigenvalue weighted by Gasteiger charge is 2.43. The number of esters is 1. The van der Waals surface area contributed by atoms with Crippen LogP contribution in [-0.2, 0) is 28.5 Å². The Morgan fingerprint density at radius 3 is 2.48 bits per heavy atom. The number of ether oxygens (including phenoxy) is 5.